The smallest absolute Gasteiger partial charge is 0.352 e. The highest BCUT2D eigenvalue weighted by Gasteiger charge is 2.46. The summed E-state index contributed by atoms with van der Waals surface area (Å²) in [5.41, 5.74) is 0.410. The average Bonchev–Trinajstić information content (AvgIpc) is 2.62. The van der Waals surface area contributed by atoms with E-state index in [1.54, 1.807) is 6.07 Å². The van der Waals surface area contributed by atoms with Gasteiger partial charge in [-0.2, -0.15) is 0 Å². The Kier molecular flexibility index (Phi) is 1.96. The lowest BCUT2D eigenvalue weighted by Gasteiger charge is -2.15. The molecule has 0 aliphatic heterocycles. The summed E-state index contributed by atoms with van der Waals surface area (Å²) in [6, 6.07) is 2.10. The Hall–Kier alpha value is -0.770. The van der Waals surface area contributed by atoms with Crippen molar-refractivity contribution in [1.29, 1.82) is 0 Å². The van der Waals surface area contributed by atoms with Crippen LogP contribution in [-0.2, 0) is 0 Å². The minimum Gasteiger partial charge on any atom is -0.477 e. The van der Waals surface area contributed by atoms with Crippen LogP contribution in [0, 0.1) is 11.8 Å². The predicted molar refractivity (Wildman–Crippen MR) is 59.0 cm³/mol. The second-order valence-corrected chi connectivity index (χ2v) is 5.55. The van der Waals surface area contributed by atoms with Gasteiger partial charge >= 0.3 is 5.97 Å². The van der Waals surface area contributed by atoms with Crippen LogP contribution in [0.2, 0.25) is 0 Å². The maximum atomic E-state index is 11.0. The molecule has 0 amide bonds. The summed E-state index contributed by atoms with van der Waals surface area (Å²) in [4.78, 5) is 11.0. The highest BCUT2D eigenvalue weighted by Crippen LogP contribution is 2.56. The maximum Gasteiger partial charge on any atom is 0.352 e. The zero-order valence-electron chi connectivity index (χ0n) is 8.19. The zero-order chi connectivity index (χ0) is 10.6. The van der Waals surface area contributed by atoms with Crippen LogP contribution in [0.15, 0.2) is 16.7 Å². The standard InChI is InChI=1S/C11H12BrNO2/c12-8-4-10(11(14)15)13(5-8)9-2-6-1-7(6)3-9/h4-7,9H,1-3H2,(H,14,15). The zero-order valence-corrected chi connectivity index (χ0v) is 9.77. The molecular weight excluding hydrogens is 258 g/mol. The molecule has 2 unspecified atom stereocenters. The lowest BCUT2D eigenvalue weighted by Crippen LogP contribution is -2.13. The highest BCUT2D eigenvalue weighted by molar-refractivity contribution is 9.10. The topological polar surface area (TPSA) is 42.2 Å². The summed E-state index contributed by atoms with van der Waals surface area (Å²) in [5, 5.41) is 9.07. The summed E-state index contributed by atoms with van der Waals surface area (Å²) in [6.07, 6.45) is 5.58. The first-order valence-corrected chi connectivity index (χ1v) is 6.05. The number of nitrogens with zero attached hydrogens (tertiary/aromatic N) is 1. The number of carboxylic acids is 1. The largest absolute Gasteiger partial charge is 0.477 e. The average molecular weight is 270 g/mol. The van der Waals surface area contributed by atoms with Gasteiger partial charge in [-0.15, -0.1) is 0 Å². The van der Waals surface area contributed by atoms with E-state index in [1.165, 1.54) is 6.42 Å². The molecule has 1 aromatic heterocycles. The Labute approximate surface area is 96.2 Å². The molecule has 2 fully saturated rings. The number of carbonyl (C=O) groups is 1. The number of halogens is 1. The second kappa shape index (κ2) is 3.11. The van der Waals surface area contributed by atoms with Crippen molar-refractivity contribution in [2.75, 3.05) is 0 Å². The number of fused-ring (bicyclic) bond motifs is 1. The van der Waals surface area contributed by atoms with Gasteiger partial charge in [0.15, 0.2) is 0 Å². The van der Waals surface area contributed by atoms with Crippen molar-refractivity contribution in [3.05, 3.63) is 22.4 Å². The van der Waals surface area contributed by atoms with Crippen molar-refractivity contribution < 1.29 is 9.90 Å². The van der Waals surface area contributed by atoms with Gasteiger partial charge in [-0.25, -0.2) is 4.79 Å². The number of rotatable bonds is 2. The van der Waals surface area contributed by atoms with Gasteiger partial charge < -0.3 is 9.67 Å². The molecule has 4 heteroatoms. The van der Waals surface area contributed by atoms with Crippen LogP contribution in [0.25, 0.3) is 0 Å². The second-order valence-electron chi connectivity index (χ2n) is 4.64. The van der Waals surface area contributed by atoms with Gasteiger partial charge in [-0.3, -0.25) is 0 Å². The Bertz CT molecular complexity index is 416. The normalized spacial score (nSPS) is 32.7. The number of hydrogen-bond donors (Lipinski definition) is 1. The fourth-order valence-electron chi connectivity index (χ4n) is 2.83. The molecule has 80 valence electrons. The number of hydrogen-bond acceptors (Lipinski definition) is 1. The summed E-state index contributed by atoms with van der Waals surface area (Å²) >= 11 is 3.34. The number of carboxylic acid groups (broad SMARTS) is 1. The van der Waals surface area contributed by atoms with Gasteiger partial charge in [-0.05, 0) is 53.1 Å². The molecule has 2 saturated carbocycles. The summed E-state index contributed by atoms with van der Waals surface area (Å²) in [5.74, 6) is 0.914. The highest BCUT2D eigenvalue weighted by atomic mass is 79.9. The molecule has 1 N–H and O–H groups in total. The molecule has 3 nitrogen and oxygen atoms in total. The summed E-state index contributed by atoms with van der Waals surface area (Å²) < 4.78 is 2.79. The molecule has 2 atom stereocenters. The van der Waals surface area contributed by atoms with Gasteiger partial charge in [-0.1, -0.05) is 0 Å². The molecule has 1 aromatic rings. The van der Waals surface area contributed by atoms with Crippen LogP contribution in [0.1, 0.15) is 35.8 Å². The van der Waals surface area contributed by atoms with E-state index in [0.717, 1.165) is 29.2 Å². The molecule has 0 bridgehead atoms. The van der Waals surface area contributed by atoms with Crippen LogP contribution in [0.3, 0.4) is 0 Å². The van der Waals surface area contributed by atoms with E-state index in [0.29, 0.717) is 11.7 Å². The molecule has 2 aliphatic rings. The van der Waals surface area contributed by atoms with E-state index in [9.17, 15) is 4.79 Å². The number of aromatic carboxylic acids is 1. The quantitative estimate of drug-likeness (QED) is 0.897. The molecule has 0 radical (unpaired) electrons. The van der Waals surface area contributed by atoms with Crippen LogP contribution >= 0.6 is 15.9 Å². The van der Waals surface area contributed by atoms with E-state index in [2.05, 4.69) is 15.9 Å². The molecule has 0 saturated heterocycles. The van der Waals surface area contributed by atoms with E-state index in [4.69, 9.17) is 5.11 Å². The molecule has 1 heterocycles. The first-order chi connectivity index (χ1) is 7.15. The van der Waals surface area contributed by atoms with Crippen molar-refractivity contribution in [2.45, 2.75) is 25.3 Å². The molecule has 0 spiro atoms. The minimum atomic E-state index is -0.832. The first kappa shape index (κ1) is 9.46. The van der Waals surface area contributed by atoms with Gasteiger partial charge in [0.2, 0.25) is 0 Å². The lowest BCUT2D eigenvalue weighted by atomic mass is 10.1. The van der Waals surface area contributed by atoms with Gasteiger partial charge in [0.1, 0.15) is 5.69 Å². The Balaban J connectivity index is 1.92. The van der Waals surface area contributed by atoms with E-state index in [-0.39, 0.29) is 0 Å². The van der Waals surface area contributed by atoms with Crippen LogP contribution in [0.5, 0.6) is 0 Å². The molecule has 3 rings (SSSR count). The van der Waals surface area contributed by atoms with Crippen molar-refractivity contribution in [1.82, 2.24) is 4.57 Å². The Morgan fingerprint density at radius 2 is 2.07 bits per heavy atom. The van der Waals surface area contributed by atoms with Gasteiger partial charge in [0.25, 0.3) is 0 Å². The monoisotopic (exact) mass is 269 g/mol. The third-order valence-corrected chi connectivity index (χ3v) is 4.08. The fraction of sp³-hybridized carbons (Fsp3) is 0.545. The first-order valence-electron chi connectivity index (χ1n) is 5.26. The third-order valence-electron chi connectivity index (χ3n) is 3.65. The van der Waals surface area contributed by atoms with Crippen molar-refractivity contribution in [3.63, 3.8) is 0 Å². The van der Waals surface area contributed by atoms with E-state index < -0.39 is 5.97 Å². The van der Waals surface area contributed by atoms with Crippen molar-refractivity contribution in [2.24, 2.45) is 11.8 Å². The summed E-state index contributed by atoms with van der Waals surface area (Å²) in [6.45, 7) is 0. The van der Waals surface area contributed by atoms with Crippen LogP contribution in [0.4, 0.5) is 0 Å². The van der Waals surface area contributed by atoms with E-state index in [1.807, 2.05) is 10.8 Å². The van der Waals surface area contributed by atoms with Crippen LogP contribution in [-0.4, -0.2) is 15.6 Å². The Morgan fingerprint density at radius 3 is 2.67 bits per heavy atom. The SMILES string of the molecule is O=C(O)c1cc(Br)cn1C1CC2CC2C1. The van der Waals surface area contributed by atoms with Crippen LogP contribution < -0.4 is 0 Å². The lowest BCUT2D eigenvalue weighted by molar-refractivity contribution is 0.0682. The molecule has 15 heavy (non-hydrogen) atoms. The Morgan fingerprint density at radius 1 is 1.40 bits per heavy atom. The third kappa shape index (κ3) is 1.51. The molecule has 2 aliphatic carbocycles. The number of aromatic nitrogens is 1. The summed E-state index contributed by atoms with van der Waals surface area (Å²) in [7, 11) is 0. The molecular formula is C11H12BrNO2. The maximum absolute atomic E-state index is 11.0. The fourth-order valence-corrected chi connectivity index (χ4v) is 3.27. The minimum absolute atomic E-state index is 0.408. The molecule has 0 aromatic carbocycles. The predicted octanol–water partition coefficient (Wildman–Crippen LogP) is 2.92. The van der Waals surface area contributed by atoms with Crippen molar-refractivity contribution >= 4 is 21.9 Å². The van der Waals surface area contributed by atoms with Crippen molar-refractivity contribution in [3.8, 4) is 0 Å². The van der Waals surface area contributed by atoms with Gasteiger partial charge in [0.05, 0.1) is 0 Å². The van der Waals surface area contributed by atoms with E-state index >= 15 is 0 Å². The van der Waals surface area contributed by atoms with Gasteiger partial charge in [0, 0.05) is 16.7 Å².